The van der Waals surface area contributed by atoms with Gasteiger partial charge in [-0.25, -0.2) is 9.79 Å². The van der Waals surface area contributed by atoms with Crippen LogP contribution < -0.4 is 0 Å². The van der Waals surface area contributed by atoms with Crippen molar-refractivity contribution in [2.45, 2.75) is 6.92 Å². The molecule has 0 spiro atoms. The average Bonchev–Trinajstić information content (AvgIpc) is 3.03. The summed E-state index contributed by atoms with van der Waals surface area (Å²) in [6.07, 6.45) is 1.69. The van der Waals surface area contributed by atoms with Crippen molar-refractivity contribution in [1.29, 1.82) is 0 Å². The quantitative estimate of drug-likeness (QED) is 0.618. The van der Waals surface area contributed by atoms with E-state index in [1.54, 1.807) is 23.5 Å². The summed E-state index contributed by atoms with van der Waals surface area (Å²) < 4.78 is 5.85. The Bertz CT molecular complexity index is 712. The number of carbonyl (C=O) groups is 1. The van der Waals surface area contributed by atoms with Crippen molar-refractivity contribution in [2.24, 2.45) is 4.99 Å². The molecule has 0 aromatic carbocycles. The average molecular weight is 310 g/mol. The van der Waals surface area contributed by atoms with E-state index < -0.39 is 5.97 Å². The Morgan fingerprint density at radius 2 is 2.11 bits per heavy atom. The van der Waals surface area contributed by atoms with Gasteiger partial charge >= 0.3 is 5.97 Å². The third kappa shape index (κ3) is 2.63. The van der Waals surface area contributed by atoms with E-state index in [1.807, 2.05) is 25.1 Å². The summed E-state index contributed by atoms with van der Waals surface area (Å²) in [6, 6.07) is 7.50. The Labute approximate surface area is 122 Å². The van der Waals surface area contributed by atoms with Gasteiger partial charge in [-0.05, 0) is 37.3 Å². The van der Waals surface area contributed by atoms with Crippen LogP contribution >= 0.6 is 34.3 Å². The number of esters is 1. The van der Waals surface area contributed by atoms with Crippen molar-refractivity contribution in [3.05, 3.63) is 48.9 Å². The molecule has 0 aliphatic carbocycles. The lowest BCUT2D eigenvalue weighted by atomic mass is 10.3. The molecule has 3 nitrogen and oxygen atoms in total. The van der Waals surface area contributed by atoms with E-state index in [0.29, 0.717) is 15.9 Å². The van der Waals surface area contributed by atoms with Gasteiger partial charge in [-0.15, -0.1) is 22.7 Å². The van der Waals surface area contributed by atoms with Crippen LogP contribution in [0.2, 0.25) is 4.34 Å². The maximum Gasteiger partial charge on any atom is 0.363 e. The summed E-state index contributed by atoms with van der Waals surface area (Å²) in [5.41, 5.74) is 0.305. The predicted octanol–water partition coefficient (Wildman–Crippen LogP) is 4.12. The molecule has 1 aliphatic rings. The Balaban J connectivity index is 1.93. The molecule has 0 atom stereocenters. The summed E-state index contributed by atoms with van der Waals surface area (Å²) >= 11 is 8.79. The van der Waals surface area contributed by atoms with E-state index >= 15 is 0 Å². The maximum atomic E-state index is 11.7. The standard InChI is InChI=1S/C13H8ClNO2S2/c1-7-2-4-10(18-7)12-15-9(13(16)17-12)6-8-3-5-11(14)19-8/h2-6H,1H3. The van der Waals surface area contributed by atoms with E-state index in [2.05, 4.69) is 4.99 Å². The van der Waals surface area contributed by atoms with E-state index in [1.165, 1.54) is 11.3 Å². The van der Waals surface area contributed by atoms with Gasteiger partial charge in [0.2, 0.25) is 5.90 Å². The molecule has 0 saturated heterocycles. The van der Waals surface area contributed by atoms with E-state index in [0.717, 1.165) is 14.6 Å². The molecule has 96 valence electrons. The summed E-state index contributed by atoms with van der Waals surface area (Å²) in [4.78, 5) is 18.9. The zero-order chi connectivity index (χ0) is 13.4. The number of aliphatic imine (C=N–C) groups is 1. The molecule has 2 aromatic heterocycles. The number of halogens is 1. The van der Waals surface area contributed by atoms with Crippen LogP contribution in [0.1, 0.15) is 14.6 Å². The van der Waals surface area contributed by atoms with Crippen molar-refractivity contribution < 1.29 is 9.53 Å². The van der Waals surface area contributed by atoms with Crippen LogP contribution in [0.5, 0.6) is 0 Å². The topological polar surface area (TPSA) is 38.7 Å². The molecular formula is C13H8ClNO2S2. The molecule has 3 rings (SSSR count). The van der Waals surface area contributed by atoms with Crippen molar-refractivity contribution in [1.82, 2.24) is 0 Å². The zero-order valence-corrected chi connectivity index (χ0v) is 12.2. The molecule has 0 N–H and O–H groups in total. The molecule has 2 aromatic rings. The SMILES string of the molecule is Cc1ccc(C2=NC(=Cc3ccc(Cl)s3)C(=O)O2)s1. The summed E-state index contributed by atoms with van der Waals surface area (Å²) in [5.74, 6) is -0.0532. The van der Waals surface area contributed by atoms with Gasteiger partial charge in [-0.3, -0.25) is 0 Å². The first-order chi connectivity index (χ1) is 9.11. The molecular weight excluding hydrogens is 302 g/mol. The minimum absolute atomic E-state index is 0.305. The number of nitrogens with zero attached hydrogens (tertiary/aromatic N) is 1. The Morgan fingerprint density at radius 3 is 2.74 bits per heavy atom. The van der Waals surface area contributed by atoms with Crippen LogP contribution in [0.15, 0.2) is 35.0 Å². The summed E-state index contributed by atoms with van der Waals surface area (Å²) in [6.45, 7) is 2.00. The molecule has 0 fully saturated rings. The number of aryl methyl sites for hydroxylation is 1. The Hall–Kier alpha value is -1.43. The number of hydrogen-bond donors (Lipinski definition) is 0. The number of ether oxygens (including phenoxy) is 1. The summed E-state index contributed by atoms with van der Waals surface area (Å²) in [5, 5.41) is 0. The van der Waals surface area contributed by atoms with Crippen LogP contribution in [-0.2, 0) is 9.53 Å². The van der Waals surface area contributed by atoms with Crippen LogP contribution in [0.3, 0.4) is 0 Å². The highest BCUT2D eigenvalue weighted by Crippen LogP contribution is 2.27. The molecule has 3 heterocycles. The lowest BCUT2D eigenvalue weighted by Crippen LogP contribution is -2.03. The van der Waals surface area contributed by atoms with Gasteiger partial charge in [0.05, 0.1) is 9.21 Å². The molecule has 6 heteroatoms. The minimum Gasteiger partial charge on any atom is -0.401 e. The highest BCUT2D eigenvalue weighted by molar-refractivity contribution is 7.17. The van der Waals surface area contributed by atoms with Gasteiger partial charge in [-0.1, -0.05) is 11.6 Å². The fourth-order valence-corrected chi connectivity index (χ4v) is 3.40. The van der Waals surface area contributed by atoms with Crippen LogP contribution in [0.25, 0.3) is 6.08 Å². The fraction of sp³-hybridized carbons (Fsp3) is 0.0769. The van der Waals surface area contributed by atoms with Gasteiger partial charge < -0.3 is 4.74 Å². The van der Waals surface area contributed by atoms with Crippen LogP contribution in [-0.4, -0.2) is 11.9 Å². The van der Waals surface area contributed by atoms with Crippen LogP contribution in [0, 0.1) is 6.92 Å². The molecule has 0 bridgehead atoms. The first-order valence-electron chi connectivity index (χ1n) is 5.46. The monoisotopic (exact) mass is 309 g/mol. The summed E-state index contributed by atoms with van der Waals surface area (Å²) in [7, 11) is 0. The smallest absolute Gasteiger partial charge is 0.363 e. The van der Waals surface area contributed by atoms with Gasteiger partial charge in [0.25, 0.3) is 0 Å². The largest absolute Gasteiger partial charge is 0.401 e. The van der Waals surface area contributed by atoms with E-state index in [9.17, 15) is 4.79 Å². The fourth-order valence-electron chi connectivity index (χ4n) is 1.60. The molecule has 19 heavy (non-hydrogen) atoms. The molecule has 0 radical (unpaired) electrons. The van der Waals surface area contributed by atoms with Crippen molar-refractivity contribution >= 4 is 52.2 Å². The first-order valence-corrected chi connectivity index (χ1v) is 7.47. The van der Waals surface area contributed by atoms with Crippen molar-refractivity contribution in [2.75, 3.05) is 0 Å². The van der Waals surface area contributed by atoms with Crippen LogP contribution in [0.4, 0.5) is 0 Å². The second kappa shape index (κ2) is 4.92. The Morgan fingerprint density at radius 1 is 1.26 bits per heavy atom. The third-order valence-corrected chi connectivity index (χ3v) is 4.61. The molecule has 1 aliphatic heterocycles. The van der Waals surface area contributed by atoms with Gasteiger partial charge in [0, 0.05) is 9.75 Å². The van der Waals surface area contributed by atoms with Gasteiger partial charge in [0.1, 0.15) is 0 Å². The molecule has 0 saturated carbocycles. The second-order valence-corrected chi connectivity index (χ2v) is 6.92. The lowest BCUT2D eigenvalue weighted by Gasteiger charge is -1.92. The van der Waals surface area contributed by atoms with Gasteiger partial charge in [-0.2, -0.15) is 0 Å². The van der Waals surface area contributed by atoms with E-state index in [-0.39, 0.29) is 0 Å². The number of cyclic esters (lactones) is 1. The van der Waals surface area contributed by atoms with Crippen molar-refractivity contribution in [3.8, 4) is 0 Å². The maximum absolute atomic E-state index is 11.7. The van der Waals surface area contributed by atoms with E-state index in [4.69, 9.17) is 16.3 Å². The van der Waals surface area contributed by atoms with Gasteiger partial charge in [0.15, 0.2) is 5.70 Å². The number of hydrogen-bond acceptors (Lipinski definition) is 5. The highest BCUT2D eigenvalue weighted by atomic mass is 35.5. The zero-order valence-electron chi connectivity index (χ0n) is 9.84. The normalized spacial score (nSPS) is 16.8. The predicted molar refractivity (Wildman–Crippen MR) is 79.0 cm³/mol. The molecule has 0 unspecified atom stereocenters. The number of carbonyl (C=O) groups excluding carboxylic acids is 1. The lowest BCUT2D eigenvalue weighted by molar-refractivity contribution is -0.129. The second-order valence-electron chi connectivity index (χ2n) is 3.89. The Kier molecular flexibility index (Phi) is 3.26. The number of thiophene rings is 2. The number of rotatable bonds is 2. The minimum atomic E-state index is -0.425. The third-order valence-electron chi connectivity index (χ3n) is 2.44. The molecule has 0 amide bonds. The van der Waals surface area contributed by atoms with Crippen molar-refractivity contribution in [3.63, 3.8) is 0 Å². The first kappa shape index (κ1) is 12.6. The highest BCUT2D eigenvalue weighted by Gasteiger charge is 2.25.